The van der Waals surface area contributed by atoms with Gasteiger partial charge < -0.3 is 14.8 Å². The predicted octanol–water partition coefficient (Wildman–Crippen LogP) is 2.64. The van der Waals surface area contributed by atoms with Crippen molar-refractivity contribution in [2.24, 2.45) is 5.92 Å². The second-order valence-electron chi connectivity index (χ2n) is 5.81. The molecule has 1 amide bonds. The van der Waals surface area contributed by atoms with Crippen LogP contribution in [0, 0.1) is 16.0 Å². The predicted molar refractivity (Wildman–Crippen MR) is 97.1 cm³/mol. The van der Waals surface area contributed by atoms with E-state index < -0.39 is 28.8 Å². The Hall–Kier alpha value is -3.42. The lowest BCUT2D eigenvalue weighted by molar-refractivity contribution is -0.384. The minimum Gasteiger partial charge on any atom is -0.484 e. The molecule has 27 heavy (non-hydrogen) atoms. The van der Waals surface area contributed by atoms with Crippen LogP contribution in [0.4, 0.5) is 5.69 Å². The minimum absolute atomic E-state index is 0.130. The lowest BCUT2D eigenvalue weighted by Crippen LogP contribution is -2.38. The number of methoxy groups -OCH3 is 1. The fraction of sp³-hybridized carbons (Fsp3) is 0.263. The molecule has 142 valence electrons. The molecule has 0 radical (unpaired) electrons. The number of nitrogens with one attached hydrogen (secondary N) is 1. The number of non-ortho nitro benzene ring substituents is 1. The van der Waals surface area contributed by atoms with Crippen molar-refractivity contribution in [2.45, 2.75) is 13.0 Å². The molecule has 2 rings (SSSR count). The van der Waals surface area contributed by atoms with Crippen LogP contribution in [0.25, 0.3) is 0 Å². The molecule has 0 saturated carbocycles. The molecule has 0 aliphatic rings. The van der Waals surface area contributed by atoms with Gasteiger partial charge in [0.25, 0.3) is 11.6 Å². The molecule has 0 aromatic heterocycles. The van der Waals surface area contributed by atoms with Gasteiger partial charge in [-0.05, 0) is 18.6 Å². The van der Waals surface area contributed by atoms with E-state index in [1.165, 1.54) is 31.4 Å². The van der Waals surface area contributed by atoms with Gasteiger partial charge in [0, 0.05) is 6.07 Å². The number of rotatable bonds is 8. The molecule has 0 spiro atoms. The fourth-order valence-corrected chi connectivity index (χ4v) is 2.53. The smallest absolute Gasteiger partial charge is 0.310 e. The summed E-state index contributed by atoms with van der Waals surface area (Å²) in [5, 5.41) is 13.5. The van der Waals surface area contributed by atoms with Crippen LogP contribution in [-0.4, -0.2) is 30.5 Å². The van der Waals surface area contributed by atoms with Gasteiger partial charge in [-0.1, -0.05) is 36.4 Å². The molecule has 0 fully saturated rings. The van der Waals surface area contributed by atoms with Gasteiger partial charge in [-0.25, -0.2) is 0 Å². The molecule has 0 aliphatic heterocycles. The van der Waals surface area contributed by atoms with Crippen LogP contribution in [0.15, 0.2) is 54.6 Å². The van der Waals surface area contributed by atoms with Crippen LogP contribution in [0.3, 0.4) is 0 Å². The Balaban J connectivity index is 2.06. The molecule has 8 heteroatoms. The average Bonchev–Trinajstić information content (AvgIpc) is 2.70. The number of hydrogen-bond donors (Lipinski definition) is 1. The highest BCUT2D eigenvalue weighted by molar-refractivity contribution is 5.80. The number of nitro benzene ring substituents is 1. The van der Waals surface area contributed by atoms with E-state index in [1.54, 1.807) is 31.2 Å². The summed E-state index contributed by atoms with van der Waals surface area (Å²) in [5.41, 5.74) is 0.619. The lowest BCUT2D eigenvalue weighted by atomic mass is 9.94. The second-order valence-corrected chi connectivity index (χ2v) is 5.81. The zero-order chi connectivity index (χ0) is 19.8. The molecular formula is C19H20N2O6. The maximum Gasteiger partial charge on any atom is 0.310 e. The number of carbonyl (C=O) groups excluding carboxylic acids is 2. The van der Waals surface area contributed by atoms with Gasteiger partial charge in [0.2, 0.25) is 0 Å². The number of nitrogens with zero attached hydrogens (tertiary/aromatic N) is 1. The summed E-state index contributed by atoms with van der Waals surface area (Å²) in [6, 6.07) is 14.0. The van der Waals surface area contributed by atoms with Crippen molar-refractivity contribution >= 4 is 17.6 Å². The molecule has 0 heterocycles. The van der Waals surface area contributed by atoms with E-state index in [-0.39, 0.29) is 18.0 Å². The number of hydrogen-bond acceptors (Lipinski definition) is 6. The standard InChI is InChI=1S/C19H20N2O6/c1-13(19(23)26-2)18(14-7-4-3-5-8-14)20-17(22)12-27-16-10-6-9-15(11-16)21(24)25/h3-11,13,18H,12H2,1-2H3,(H,20,22)/t13-,18+/m0/s1. The third-order valence-electron chi connectivity index (χ3n) is 3.95. The SMILES string of the molecule is COC(=O)[C@@H](C)[C@@H](NC(=O)COc1cccc([N+](=O)[O-])c1)c1ccccc1. The molecular weight excluding hydrogens is 352 g/mol. The molecule has 0 unspecified atom stereocenters. The Morgan fingerprint density at radius 1 is 1.15 bits per heavy atom. The Morgan fingerprint density at radius 2 is 1.85 bits per heavy atom. The fourth-order valence-electron chi connectivity index (χ4n) is 2.53. The Bertz CT molecular complexity index is 809. The first-order valence-corrected chi connectivity index (χ1v) is 8.21. The van der Waals surface area contributed by atoms with Gasteiger partial charge in [0.1, 0.15) is 5.75 Å². The summed E-state index contributed by atoms with van der Waals surface area (Å²) in [5.74, 6) is -1.33. The van der Waals surface area contributed by atoms with Crippen LogP contribution >= 0.6 is 0 Å². The number of amides is 1. The van der Waals surface area contributed by atoms with Crippen molar-refractivity contribution in [1.82, 2.24) is 5.32 Å². The monoisotopic (exact) mass is 372 g/mol. The quantitative estimate of drug-likeness (QED) is 0.434. The number of ether oxygens (including phenoxy) is 2. The van der Waals surface area contributed by atoms with Crippen molar-refractivity contribution in [3.63, 3.8) is 0 Å². The lowest BCUT2D eigenvalue weighted by Gasteiger charge is -2.24. The van der Waals surface area contributed by atoms with Crippen molar-refractivity contribution in [3.05, 3.63) is 70.3 Å². The number of benzene rings is 2. The molecule has 8 nitrogen and oxygen atoms in total. The van der Waals surface area contributed by atoms with E-state index in [0.29, 0.717) is 0 Å². The van der Waals surface area contributed by atoms with Crippen LogP contribution in [0.1, 0.15) is 18.5 Å². The first kappa shape index (κ1) is 19.9. The zero-order valence-corrected chi connectivity index (χ0v) is 15.0. The van der Waals surface area contributed by atoms with E-state index in [4.69, 9.17) is 9.47 Å². The van der Waals surface area contributed by atoms with E-state index >= 15 is 0 Å². The highest BCUT2D eigenvalue weighted by atomic mass is 16.6. The van der Waals surface area contributed by atoms with Crippen molar-refractivity contribution in [3.8, 4) is 5.75 Å². The highest BCUT2D eigenvalue weighted by Gasteiger charge is 2.27. The third-order valence-corrected chi connectivity index (χ3v) is 3.95. The Labute approximate surface area is 156 Å². The summed E-state index contributed by atoms with van der Waals surface area (Å²) in [6.07, 6.45) is 0. The maximum atomic E-state index is 12.3. The summed E-state index contributed by atoms with van der Waals surface area (Å²) < 4.78 is 10.1. The molecule has 2 aromatic carbocycles. The first-order chi connectivity index (χ1) is 12.9. The topological polar surface area (TPSA) is 108 Å². The van der Waals surface area contributed by atoms with Gasteiger partial charge in [-0.15, -0.1) is 0 Å². The summed E-state index contributed by atoms with van der Waals surface area (Å²) in [6.45, 7) is 1.31. The number of nitro groups is 1. The van der Waals surface area contributed by atoms with Gasteiger partial charge in [-0.3, -0.25) is 19.7 Å². The highest BCUT2D eigenvalue weighted by Crippen LogP contribution is 2.23. The van der Waals surface area contributed by atoms with Gasteiger partial charge in [0.05, 0.1) is 30.1 Å². The van der Waals surface area contributed by atoms with E-state index in [0.717, 1.165) is 5.56 Å². The molecule has 2 atom stereocenters. The normalized spacial score (nSPS) is 12.5. The second kappa shape index (κ2) is 9.33. The van der Waals surface area contributed by atoms with E-state index in [9.17, 15) is 19.7 Å². The summed E-state index contributed by atoms with van der Waals surface area (Å²) >= 11 is 0. The third kappa shape index (κ3) is 5.53. The van der Waals surface area contributed by atoms with E-state index in [2.05, 4.69) is 5.32 Å². The zero-order valence-electron chi connectivity index (χ0n) is 15.0. The molecule has 0 aliphatic carbocycles. The van der Waals surface area contributed by atoms with Crippen LogP contribution in [0.2, 0.25) is 0 Å². The first-order valence-electron chi connectivity index (χ1n) is 8.21. The molecule has 2 aromatic rings. The minimum atomic E-state index is -0.612. The van der Waals surface area contributed by atoms with Gasteiger partial charge in [-0.2, -0.15) is 0 Å². The van der Waals surface area contributed by atoms with Crippen molar-refractivity contribution < 1.29 is 24.0 Å². The van der Waals surface area contributed by atoms with Gasteiger partial charge >= 0.3 is 5.97 Å². The summed E-state index contributed by atoms with van der Waals surface area (Å²) in [4.78, 5) is 34.5. The van der Waals surface area contributed by atoms with Gasteiger partial charge in [0.15, 0.2) is 6.61 Å². The van der Waals surface area contributed by atoms with Crippen LogP contribution in [0.5, 0.6) is 5.75 Å². The molecule has 0 saturated heterocycles. The Morgan fingerprint density at radius 3 is 2.48 bits per heavy atom. The number of esters is 1. The molecule has 0 bridgehead atoms. The Kier molecular flexibility index (Phi) is 6.87. The average molecular weight is 372 g/mol. The van der Waals surface area contributed by atoms with Crippen molar-refractivity contribution in [1.29, 1.82) is 0 Å². The largest absolute Gasteiger partial charge is 0.484 e. The summed E-state index contributed by atoms with van der Waals surface area (Å²) in [7, 11) is 1.29. The maximum absolute atomic E-state index is 12.3. The molecule has 1 N–H and O–H groups in total. The van der Waals surface area contributed by atoms with Crippen LogP contribution in [-0.2, 0) is 14.3 Å². The van der Waals surface area contributed by atoms with Crippen LogP contribution < -0.4 is 10.1 Å². The van der Waals surface area contributed by atoms with Crippen molar-refractivity contribution in [2.75, 3.05) is 13.7 Å². The van der Waals surface area contributed by atoms with E-state index in [1.807, 2.05) is 6.07 Å². The number of carbonyl (C=O) groups is 2.